The molecule has 5 nitrogen and oxygen atoms in total. The lowest BCUT2D eigenvalue weighted by molar-refractivity contribution is 0.744. The second-order valence-corrected chi connectivity index (χ2v) is 6.35. The Morgan fingerprint density at radius 3 is 2.76 bits per heavy atom. The highest BCUT2D eigenvalue weighted by Crippen LogP contribution is 2.36. The highest BCUT2D eigenvalue weighted by molar-refractivity contribution is 5.68. The normalized spacial score (nSPS) is 15.9. The molecule has 0 radical (unpaired) electrons. The lowest BCUT2D eigenvalue weighted by Crippen LogP contribution is -2.25. The monoisotopic (exact) mass is 331 g/mol. The van der Waals surface area contributed by atoms with Crippen molar-refractivity contribution in [2.24, 2.45) is 0 Å². The number of nitrogens with zero attached hydrogens (tertiary/aromatic N) is 4. The fraction of sp³-hybridized carbons (Fsp3) is 0.250. The van der Waals surface area contributed by atoms with E-state index in [9.17, 15) is 0 Å². The van der Waals surface area contributed by atoms with Crippen LogP contribution in [0.3, 0.4) is 0 Å². The first kappa shape index (κ1) is 15.6. The van der Waals surface area contributed by atoms with Crippen molar-refractivity contribution < 1.29 is 0 Å². The minimum atomic E-state index is 0.367. The van der Waals surface area contributed by atoms with Crippen molar-refractivity contribution in [3.8, 4) is 0 Å². The first-order chi connectivity index (χ1) is 12.3. The Morgan fingerprint density at radius 2 is 1.88 bits per heavy atom. The van der Waals surface area contributed by atoms with Crippen molar-refractivity contribution in [2.75, 3.05) is 16.8 Å². The Kier molecular flexibility index (Phi) is 4.29. The highest BCUT2D eigenvalue weighted by Gasteiger charge is 2.28. The van der Waals surface area contributed by atoms with Crippen LogP contribution in [0.1, 0.15) is 18.1 Å². The van der Waals surface area contributed by atoms with Gasteiger partial charge in [-0.1, -0.05) is 48.5 Å². The van der Waals surface area contributed by atoms with Crippen LogP contribution in [0.2, 0.25) is 0 Å². The largest absolute Gasteiger partial charge is 0.353 e. The summed E-state index contributed by atoms with van der Waals surface area (Å²) in [6.45, 7) is 2.99. The minimum Gasteiger partial charge on any atom is -0.353 e. The molecule has 0 saturated heterocycles. The van der Waals surface area contributed by atoms with Crippen LogP contribution in [0, 0.1) is 0 Å². The molecule has 0 fully saturated rings. The molecule has 1 aliphatic rings. The third-order valence-electron chi connectivity index (χ3n) is 4.54. The zero-order chi connectivity index (χ0) is 17.1. The van der Waals surface area contributed by atoms with Gasteiger partial charge in [0.2, 0.25) is 5.95 Å². The highest BCUT2D eigenvalue weighted by atomic mass is 15.3. The van der Waals surface area contributed by atoms with Crippen LogP contribution in [0.4, 0.5) is 17.5 Å². The van der Waals surface area contributed by atoms with Gasteiger partial charge in [-0.25, -0.2) is 0 Å². The van der Waals surface area contributed by atoms with Crippen molar-refractivity contribution in [1.82, 2.24) is 15.2 Å². The standard InChI is InChI=1S/C20H21N5/c1-15-13-17-9-5-6-10-18(17)25(15)19-14-22-24-20(23-19)21-12-11-16-7-3-2-4-8-16/h2-10,14-15H,11-13H2,1H3,(H,21,23,24). The molecule has 0 bridgehead atoms. The number of benzene rings is 2. The first-order valence-corrected chi connectivity index (χ1v) is 8.66. The van der Waals surface area contributed by atoms with Gasteiger partial charge >= 0.3 is 0 Å². The summed E-state index contributed by atoms with van der Waals surface area (Å²) >= 11 is 0. The summed E-state index contributed by atoms with van der Waals surface area (Å²) in [6.07, 6.45) is 3.69. The van der Waals surface area contributed by atoms with Gasteiger partial charge < -0.3 is 10.2 Å². The average molecular weight is 331 g/mol. The smallest absolute Gasteiger partial charge is 0.244 e. The SMILES string of the molecule is CC1Cc2ccccc2N1c1cnnc(NCCc2ccccc2)n1. The van der Waals surface area contributed by atoms with E-state index in [0.717, 1.165) is 25.2 Å². The summed E-state index contributed by atoms with van der Waals surface area (Å²) in [5, 5.41) is 11.6. The summed E-state index contributed by atoms with van der Waals surface area (Å²) in [6, 6.07) is 19.2. The zero-order valence-corrected chi connectivity index (χ0v) is 14.3. The van der Waals surface area contributed by atoms with Gasteiger partial charge in [0.25, 0.3) is 0 Å². The van der Waals surface area contributed by atoms with E-state index in [-0.39, 0.29) is 0 Å². The molecule has 5 heteroatoms. The van der Waals surface area contributed by atoms with Crippen LogP contribution in [-0.2, 0) is 12.8 Å². The molecule has 1 unspecified atom stereocenters. The molecule has 0 saturated carbocycles. The Labute approximate surface area is 147 Å². The molecule has 4 rings (SSSR count). The first-order valence-electron chi connectivity index (χ1n) is 8.66. The van der Waals surface area contributed by atoms with E-state index < -0.39 is 0 Å². The number of hydrogen-bond donors (Lipinski definition) is 1. The van der Waals surface area contributed by atoms with Crippen LogP contribution in [-0.4, -0.2) is 27.8 Å². The van der Waals surface area contributed by atoms with Crippen molar-refractivity contribution in [3.05, 3.63) is 71.9 Å². The summed E-state index contributed by atoms with van der Waals surface area (Å²) in [7, 11) is 0. The van der Waals surface area contributed by atoms with E-state index in [1.807, 2.05) is 6.07 Å². The predicted molar refractivity (Wildman–Crippen MR) is 100 cm³/mol. The van der Waals surface area contributed by atoms with Gasteiger partial charge in [0, 0.05) is 18.3 Å². The molecule has 0 aliphatic carbocycles. The third-order valence-corrected chi connectivity index (χ3v) is 4.54. The molecule has 2 heterocycles. The number of para-hydroxylation sites is 1. The van der Waals surface area contributed by atoms with E-state index in [1.165, 1.54) is 16.8 Å². The van der Waals surface area contributed by atoms with Crippen LogP contribution < -0.4 is 10.2 Å². The van der Waals surface area contributed by atoms with Crippen molar-refractivity contribution >= 4 is 17.5 Å². The number of fused-ring (bicyclic) bond motifs is 1. The van der Waals surface area contributed by atoms with E-state index in [0.29, 0.717) is 12.0 Å². The molecule has 1 N–H and O–H groups in total. The molecular formula is C20H21N5. The number of rotatable bonds is 5. The van der Waals surface area contributed by atoms with Crippen molar-refractivity contribution in [2.45, 2.75) is 25.8 Å². The van der Waals surface area contributed by atoms with Crippen molar-refractivity contribution in [3.63, 3.8) is 0 Å². The Bertz CT molecular complexity index is 849. The lowest BCUT2D eigenvalue weighted by Gasteiger charge is -2.23. The summed E-state index contributed by atoms with van der Waals surface area (Å²) in [4.78, 5) is 6.92. The maximum atomic E-state index is 4.68. The topological polar surface area (TPSA) is 53.9 Å². The van der Waals surface area contributed by atoms with Gasteiger partial charge in [-0.05, 0) is 37.0 Å². The second-order valence-electron chi connectivity index (χ2n) is 6.35. The van der Waals surface area contributed by atoms with Gasteiger partial charge in [0.05, 0.1) is 6.20 Å². The Balaban J connectivity index is 1.48. The van der Waals surface area contributed by atoms with E-state index in [2.05, 4.69) is 80.9 Å². The number of anilines is 3. The van der Waals surface area contributed by atoms with Crippen LogP contribution in [0.5, 0.6) is 0 Å². The van der Waals surface area contributed by atoms with Gasteiger partial charge in [-0.2, -0.15) is 10.1 Å². The predicted octanol–water partition coefficient (Wildman–Crippen LogP) is 3.61. The summed E-state index contributed by atoms with van der Waals surface area (Å²) in [5.41, 5.74) is 3.86. The molecule has 1 aliphatic heterocycles. The maximum Gasteiger partial charge on any atom is 0.244 e. The average Bonchev–Trinajstić information content (AvgIpc) is 2.98. The molecule has 3 aromatic rings. The van der Waals surface area contributed by atoms with Crippen LogP contribution in [0.25, 0.3) is 0 Å². The van der Waals surface area contributed by atoms with Gasteiger partial charge in [0.1, 0.15) is 0 Å². The van der Waals surface area contributed by atoms with Gasteiger partial charge in [0.15, 0.2) is 5.82 Å². The van der Waals surface area contributed by atoms with Crippen LogP contribution in [0.15, 0.2) is 60.8 Å². The third kappa shape index (κ3) is 3.31. The summed E-state index contributed by atoms with van der Waals surface area (Å²) in [5.74, 6) is 1.42. The molecule has 25 heavy (non-hydrogen) atoms. The molecule has 0 spiro atoms. The fourth-order valence-corrected chi connectivity index (χ4v) is 3.36. The van der Waals surface area contributed by atoms with E-state index >= 15 is 0 Å². The summed E-state index contributed by atoms with van der Waals surface area (Å²) < 4.78 is 0. The molecular weight excluding hydrogens is 310 g/mol. The molecule has 1 aromatic heterocycles. The van der Waals surface area contributed by atoms with E-state index in [4.69, 9.17) is 0 Å². The van der Waals surface area contributed by atoms with Crippen LogP contribution >= 0.6 is 0 Å². The van der Waals surface area contributed by atoms with Gasteiger partial charge in [-0.15, -0.1) is 5.10 Å². The number of aromatic nitrogens is 3. The van der Waals surface area contributed by atoms with Gasteiger partial charge in [-0.3, -0.25) is 0 Å². The Morgan fingerprint density at radius 1 is 1.08 bits per heavy atom. The molecule has 0 amide bonds. The fourth-order valence-electron chi connectivity index (χ4n) is 3.36. The number of nitrogens with one attached hydrogen (secondary N) is 1. The quantitative estimate of drug-likeness (QED) is 0.774. The van der Waals surface area contributed by atoms with E-state index in [1.54, 1.807) is 6.20 Å². The molecule has 1 atom stereocenters. The number of hydrogen-bond acceptors (Lipinski definition) is 5. The maximum absolute atomic E-state index is 4.68. The minimum absolute atomic E-state index is 0.367. The molecule has 2 aromatic carbocycles. The Hall–Kier alpha value is -2.95. The van der Waals surface area contributed by atoms with Crippen molar-refractivity contribution in [1.29, 1.82) is 0 Å². The molecule has 126 valence electrons. The zero-order valence-electron chi connectivity index (χ0n) is 14.3. The lowest BCUT2D eigenvalue weighted by atomic mass is 10.1. The second kappa shape index (κ2) is 6.89.